The third-order valence-electron chi connectivity index (χ3n) is 3.33. The minimum absolute atomic E-state index is 0.188. The average Bonchev–Trinajstić information content (AvgIpc) is 2.25. The first-order chi connectivity index (χ1) is 7.42. The lowest BCUT2D eigenvalue weighted by molar-refractivity contribution is -0.0410. The van der Waals surface area contributed by atoms with E-state index in [2.05, 4.69) is 32.6 Å². The molecule has 0 radical (unpaired) electrons. The van der Waals surface area contributed by atoms with Crippen molar-refractivity contribution in [1.82, 2.24) is 4.90 Å². The van der Waals surface area contributed by atoms with Crippen LogP contribution in [0.5, 0.6) is 0 Å². The number of morpholine rings is 1. The normalized spacial score (nSPS) is 25.7. The monoisotopic (exact) mass is 228 g/mol. The van der Waals surface area contributed by atoms with E-state index in [9.17, 15) is 0 Å². The Morgan fingerprint density at radius 3 is 2.69 bits per heavy atom. The van der Waals surface area contributed by atoms with Gasteiger partial charge in [-0.2, -0.15) is 0 Å². The van der Waals surface area contributed by atoms with Crippen molar-refractivity contribution in [1.29, 1.82) is 0 Å². The first kappa shape index (κ1) is 13.9. The van der Waals surface area contributed by atoms with Gasteiger partial charge in [0.15, 0.2) is 0 Å². The van der Waals surface area contributed by atoms with E-state index < -0.39 is 0 Å². The molecule has 0 spiro atoms. The van der Waals surface area contributed by atoms with Gasteiger partial charge in [-0.15, -0.1) is 0 Å². The second kappa shape index (κ2) is 5.99. The van der Waals surface area contributed by atoms with Crippen molar-refractivity contribution in [3.63, 3.8) is 0 Å². The summed E-state index contributed by atoms with van der Waals surface area (Å²) in [5, 5.41) is 0. The first-order valence-electron chi connectivity index (χ1n) is 6.52. The number of hydrogen-bond donors (Lipinski definition) is 1. The summed E-state index contributed by atoms with van der Waals surface area (Å²) in [4.78, 5) is 2.42. The Labute approximate surface area is 100 Å². The van der Waals surface area contributed by atoms with E-state index in [1.807, 2.05) is 0 Å². The smallest absolute Gasteiger partial charge is 0.0853 e. The quantitative estimate of drug-likeness (QED) is 0.798. The highest BCUT2D eigenvalue weighted by Crippen LogP contribution is 2.23. The molecule has 1 aliphatic rings. The van der Waals surface area contributed by atoms with Crippen LogP contribution in [0.2, 0.25) is 0 Å². The summed E-state index contributed by atoms with van der Waals surface area (Å²) in [6.45, 7) is 13.0. The molecule has 0 aromatic heterocycles. The second-order valence-electron chi connectivity index (χ2n) is 6.07. The van der Waals surface area contributed by atoms with Gasteiger partial charge < -0.3 is 10.5 Å². The van der Waals surface area contributed by atoms with E-state index in [0.29, 0.717) is 5.41 Å². The number of nitrogens with zero attached hydrogens (tertiary/aromatic N) is 1. The molecule has 0 bridgehead atoms. The van der Waals surface area contributed by atoms with Crippen molar-refractivity contribution in [3.05, 3.63) is 0 Å². The van der Waals surface area contributed by atoms with Crippen LogP contribution in [0.4, 0.5) is 0 Å². The van der Waals surface area contributed by atoms with Gasteiger partial charge in [-0.3, -0.25) is 4.90 Å². The average molecular weight is 228 g/mol. The molecule has 1 aliphatic heterocycles. The Bertz CT molecular complexity index is 201. The maximum atomic E-state index is 6.22. The Morgan fingerprint density at radius 2 is 2.12 bits per heavy atom. The molecular weight excluding hydrogens is 200 g/mol. The van der Waals surface area contributed by atoms with Crippen LogP contribution in [-0.4, -0.2) is 43.3 Å². The summed E-state index contributed by atoms with van der Waals surface area (Å²) < 4.78 is 5.77. The van der Waals surface area contributed by atoms with Gasteiger partial charge in [0.25, 0.3) is 0 Å². The van der Waals surface area contributed by atoms with Crippen molar-refractivity contribution in [2.75, 3.05) is 26.2 Å². The minimum Gasteiger partial charge on any atom is -0.374 e. The molecule has 0 saturated carbocycles. The molecule has 0 amide bonds. The third kappa shape index (κ3) is 4.81. The number of rotatable bonds is 4. The summed E-state index contributed by atoms with van der Waals surface area (Å²) in [6.07, 6.45) is 2.46. The molecule has 3 nitrogen and oxygen atoms in total. The summed E-state index contributed by atoms with van der Waals surface area (Å²) in [5.41, 5.74) is 6.59. The molecule has 0 aromatic rings. The van der Waals surface area contributed by atoms with Crippen LogP contribution in [-0.2, 0) is 4.74 Å². The summed E-state index contributed by atoms with van der Waals surface area (Å²) >= 11 is 0. The van der Waals surface area contributed by atoms with Crippen LogP contribution in [0.15, 0.2) is 0 Å². The van der Waals surface area contributed by atoms with Crippen molar-refractivity contribution in [3.8, 4) is 0 Å². The van der Waals surface area contributed by atoms with E-state index in [4.69, 9.17) is 10.5 Å². The van der Waals surface area contributed by atoms with Crippen molar-refractivity contribution in [2.45, 2.75) is 52.7 Å². The highest BCUT2D eigenvalue weighted by molar-refractivity contribution is 4.81. The van der Waals surface area contributed by atoms with Gasteiger partial charge in [0, 0.05) is 19.1 Å². The minimum atomic E-state index is 0.188. The van der Waals surface area contributed by atoms with E-state index in [1.54, 1.807) is 0 Å². The fourth-order valence-electron chi connectivity index (χ4n) is 2.06. The van der Waals surface area contributed by atoms with Crippen LogP contribution in [0.3, 0.4) is 0 Å². The fourth-order valence-corrected chi connectivity index (χ4v) is 2.06. The van der Waals surface area contributed by atoms with Crippen molar-refractivity contribution >= 4 is 0 Å². The Morgan fingerprint density at radius 1 is 1.44 bits per heavy atom. The zero-order valence-corrected chi connectivity index (χ0v) is 11.3. The molecule has 1 rings (SSSR count). The van der Waals surface area contributed by atoms with Gasteiger partial charge in [0.05, 0.1) is 12.7 Å². The Kier molecular flexibility index (Phi) is 5.22. The van der Waals surface area contributed by atoms with Crippen LogP contribution in [0.25, 0.3) is 0 Å². The molecule has 96 valence electrons. The lowest BCUT2D eigenvalue weighted by atomic mass is 9.87. The van der Waals surface area contributed by atoms with E-state index in [-0.39, 0.29) is 12.1 Å². The van der Waals surface area contributed by atoms with Crippen LogP contribution in [0.1, 0.15) is 40.5 Å². The van der Waals surface area contributed by atoms with Gasteiger partial charge in [0.1, 0.15) is 0 Å². The maximum Gasteiger partial charge on any atom is 0.0853 e. The highest BCUT2D eigenvalue weighted by Gasteiger charge is 2.25. The molecule has 0 aromatic carbocycles. The van der Waals surface area contributed by atoms with Gasteiger partial charge in [0.2, 0.25) is 0 Å². The number of hydrogen-bond acceptors (Lipinski definition) is 3. The SMILES string of the molecule is CCN1CCOC(C(N)CCC(C)(C)C)C1. The largest absolute Gasteiger partial charge is 0.374 e. The zero-order valence-electron chi connectivity index (χ0n) is 11.3. The Balaban J connectivity index is 2.32. The molecule has 1 heterocycles. The molecular formula is C13H28N2O. The predicted molar refractivity (Wildman–Crippen MR) is 68.5 cm³/mol. The summed E-state index contributed by atoms with van der Waals surface area (Å²) in [5.74, 6) is 0. The first-order valence-corrected chi connectivity index (χ1v) is 6.52. The topological polar surface area (TPSA) is 38.5 Å². The number of nitrogens with two attached hydrogens (primary N) is 1. The van der Waals surface area contributed by atoms with E-state index in [1.165, 1.54) is 6.42 Å². The van der Waals surface area contributed by atoms with Crippen molar-refractivity contribution in [2.24, 2.45) is 11.1 Å². The number of ether oxygens (including phenoxy) is 1. The molecule has 2 N–H and O–H groups in total. The fraction of sp³-hybridized carbons (Fsp3) is 1.00. The molecule has 3 heteroatoms. The van der Waals surface area contributed by atoms with E-state index in [0.717, 1.165) is 32.7 Å². The lowest BCUT2D eigenvalue weighted by Crippen LogP contribution is -2.50. The molecule has 0 aliphatic carbocycles. The number of likely N-dealkylation sites (N-methyl/N-ethyl adjacent to an activating group) is 1. The molecule has 2 atom stereocenters. The van der Waals surface area contributed by atoms with Crippen molar-refractivity contribution < 1.29 is 4.74 Å². The molecule has 1 saturated heterocycles. The van der Waals surface area contributed by atoms with Gasteiger partial charge >= 0.3 is 0 Å². The molecule has 2 unspecified atom stereocenters. The maximum absolute atomic E-state index is 6.22. The molecule has 1 fully saturated rings. The summed E-state index contributed by atoms with van der Waals surface area (Å²) in [6, 6.07) is 0.188. The van der Waals surface area contributed by atoms with Gasteiger partial charge in [-0.1, -0.05) is 27.7 Å². The van der Waals surface area contributed by atoms with E-state index >= 15 is 0 Å². The second-order valence-corrected chi connectivity index (χ2v) is 6.07. The van der Waals surface area contributed by atoms with Crippen LogP contribution in [0, 0.1) is 5.41 Å². The zero-order chi connectivity index (χ0) is 12.2. The van der Waals surface area contributed by atoms with Crippen LogP contribution < -0.4 is 5.73 Å². The molecule has 16 heavy (non-hydrogen) atoms. The van der Waals surface area contributed by atoms with Gasteiger partial charge in [-0.25, -0.2) is 0 Å². The van der Waals surface area contributed by atoms with Gasteiger partial charge in [-0.05, 0) is 24.8 Å². The summed E-state index contributed by atoms with van der Waals surface area (Å²) in [7, 11) is 0. The lowest BCUT2D eigenvalue weighted by Gasteiger charge is -2.35. The Hall–Kier alpha value is -0.120. The predicted octanol–water partition coefficient (Wildman–Crippen LogP) is 1.86. The third-order valence-corrected chi connectivity index (χ3v) is 3.33. The van der Waals surface area contributed by atoms with Crippen LogP contribution >= 0.6 is 0 Å². The standard InChI is InChI=1S/C13H28N2O/c1-5-15-8-9-16-12(10-15)11(14)6-7-13(2,3)4/h11-12H,5-10,14H2,1-4H3. The highest BCUT2D eigenvalue weighted by atomic mass is 16.5.